The molecule has 6 nitrogen and oxygen atoms in total. The van der Waals surface area contributed by atoms with Crippen molar-refractivity contribution < 1.29 is 9.45 Å². The quantitative estimate of drug-likeness (QED) is 0.687. The van der Waals surface area contributed by atoms with Crippen LogP contribution in [0.5, 0.6) is 0 Å². The van der Waals surface area contributed by atoms with E-state index < -0.39 is 4.92 Å². The Morgan fingerprint density at radius 2 is 2.11 bits per heavy atom. The number of halogens is 2. The maximum absolute atomic E-state index is 10.9. The first-order chi connectivity index (χ1) is 8.58. The zero-order valence-corrected chi connectivity index (χ0v) is 10.4. The minimum absolute atomic E-state index is 0.133. The van der Waals surface area contributed by atoms with Crippen molar-refractivity contribution in [3.63, 3.8) is 0 Å². The molecule has 18 heavy (non-hydrogen) atoms. The summed E-state index contributed by atoms with van der Waals surface area (Å²) in [4.78, 5) is 10.3. The van der Waals surface area contributed by atoms with Gasteiger partial charge in [0.15, 0.2) is 5.76 Å². The number of aromatic nitrogens is 1. The molecule has 0 aliphatic heterocycles. The van der Waals surface area contributed by atoms with Gasteiger partial charge in [0.05, 0.1) is 27.7 Å². The zero-order valence-electron chi connectivity index (χ0n) is 8.89. The minimum atomic E-state index is -0.537. The minimum Gasteiger partial charge on any atom is -0.372 e. The highest BCUT2D eigenvalue weighted by atomic mass is 35.5. The molecule has 94 valence electrons. The number of nitrogens with one attached hydrogen (secondary N) is 1. The number of hydrogen-bond acceptors (Lipinski definition) is 5. The first-order valence-corrected chi connectivity index (χ1v) is 5.60. The third-order valence-electron chi connectivity index (χ3n) is 2.18. The molecule has 1 heterocycles. The van der Waals surface area contributed by atoms with Crippen LogP contribution in [0.4, 0.5) is 11.4 Å². The Kier molecular flexibility index (Phi) is 3.69. The van der Waals surface area contributed by atoms with Crippen molar-refractivity contribution in [2.24, 2.45) is 0 Å². The summed E-state index contributed by atoms with van der Waals surface area (Å²) in [6, 6.07) is 4.25. The molecule has 0 unspecified atom stereocenters. The van der Waals surface area contributed by atoms with Crippen LogP contribution in [0.1, 0.15) is 5.76 Å². The molecular weight excluding hydrogens is 281 g/mol. The molecule has 1 aromatic heterocycles. The van der Waals surface area contributed by atoms with Crippen molar-refractivity contribution in [1.29, 1.82) is 0 Å². The number of benzene rings is 1. The van der Waals surface area contributed by atoms with Gasteiger partial charge in [0.1, 0.15) is 5.69 Å². The molecular formula is C10H7Cl2N3O3. The summed E-state index contributed by atoms with van der Waals surface area (Å²) in [5.74, 6) is 0.551. The van der Waals surface area contributed by atoms with Crippen molar-refractivity contribution >= 4 is 34.6 Å². The van der Waals surface area contributed by atoms with Crippen molar-refractivity contribution in [3.05, 3.63) is 50.3 Å². The van der Waals surface area contributed by atoms with Crippen molar-refractivity contribution in [3.8, 4) is 0 Å². The first kappa shape index (κ1) is 12.7. The fourth-order valence-electron chi connectivity index (χ4n) is 1.34. The fraction of sp³-hybridized carbons (Fsp3) is 0.100. The van der Waals surface area contributed by atoms with Crippen LogP contribution in [0.25, 0.3) is 0 Å². The van der Waals surface area contributed by atoms with E-state index in [-0.39, 0.29) is 28.0 Å². The summed E-state index contributed by atoms with van der Waals surface area (Å²) in [5.41, 5.74) is 0.120. The molecule has 0 fully saturated rings. The second kappa shape index (κ2) is 5.24. The molecule has 2 aromatic rings. The van der Waals surface area contributed by atoms with E-state index in [2.05, 4.69) is 10.5 Å². The lowest BCUT2D eigenvalue weighted by Crippen LogP contribution is -2.02. The van der Waals surface area contributed by atoms with Crippen LogP contribution in [-0.2, 0) is 6.54 Å². The highest BCUT2D eigenvalue weighted by molar-refractivity contribution is 6.42. The lowest BCUT2D eigenvalue weighted by Gasteiger charge is -2.06. The van der Waals surface area contributed by atoms with Gasteiger partial charge in [0.25, 0.3) is 5.69 Å². The van der Waals surface area contributed by atoms with Crippen LogP contribution in [0.2, 0.25) is 10.0 Å². The molecule has 0 bridgehead atoms. The molecule has 0 amide bonds. The topological polar surface area (TPSA) is 81.2 Å². The first-order valence-electron chi connectivity index (χ1n) is 4.85. The molecule has 1 N–H and O–H groups in total. The number of hydrogen-bond donors (Lipinski definition) is 1. The summed E-state index contributed by atoms with van der Waals surface area (Å²) < 4.78 is 4.87. The van der Waals surface area contributed by atoms with Gasteiger partial charge in [-0.1, -0.05) is 28.4 Å². The summed E-state index contributed by atoms with van der Waals surface area (Å²) in [7, 11) is 0. The van der Waals surface area contributed by atoms with E-state index in [1.165, 1.54) is 18.3 Å². The van der Waals surface area contributed by atoms with E-state index >= 15 is 0 Å². The van der Waals surface area contributed by atoms with Gasteiger partial charge in [0.2, 0.25) is 0 Å². The Labute approximate surface area is 112 Å². The lowest BCUT2D eigenvalue weighted by molar-refractivity contribution is -0.383. The van der Waals surface area contributed by atoms with Crippen molar-refractivity contribution in [2.75, 3.05) is 5.32 Å². The molecule has 0 saturated heterocycles. The van der Waals surface area contributed by atoms with Crippen molar-refractivity contribution in [2.45, 2.75) is 6.54 Å². The number of nitrogens with zero attached hydrogens (tertiary/aromatic N) is 2. The molecule has 0 aliphatic rings. The van der Waals surface area contributed by atoms with Gasteiger partial charge in [-0.05, 0) is 6.07 Å². The van der Waals surface area contributed by atoms with Gasteiger partial charge < -0.3 is 9.84 Å². The predicted molar refractivity (Wildman–Crippen MR) is 66.9 cm³/mol. The van der Waals surface area contributed by atoms with E-state index in [9.17, 15) is 10.1 Å². The normalized spacial score (nSPS) is 10.3. The number of nitro groups is 1. The fourth-order valence-corrected chi connectivity index (χ4v) is 1.67. The predicted octanol–water partition coefficient (Wildman–Crippen LogP) is 3.50. The Bertz CT molecular complexity index is 572. The van der Waals surface area contributed by atoms with Gasteiger partial charge in [-0.3, -0.25) is 10.1 Å². The Hall–Kier alpha value is -1.79. The van der Waals surface area contributed by atoms with Gasteiger partial charge in [-0.25, -0.2) is 0 Å². The molecule has 0 saturated carbocycles. The molecule has 0 atom stereocenters. The van der Waals surface area contributed by atoms with E-state index in [1.54, 1.807) is 6.07 Å². The molecule has 8 heteroatoms. The highest BCUT2D eigenvalue weighted by Crippen LogP contribution is 2.34. The van der Waals surface area contributed by atoms with E-state index in [4.69, 9.17) is 27.7 Å². The third-order valence-corrected chi connectivity index (χ3v) is 2.90. The average molecular weight is 288 g/mol. The van der Waals surface area contributed by atoms with E-state index in [0.29, 0.717) is 5.76 Å². The largest absolute Gasteiger partial charge is 0.372 e. The maximum Gasteiger partial charge on any atom is 0.293 e. The summed E-state index contributed by atoms with van der Waals surface area (Å²) in [6.45, 7) is 0.263. The SMILES string of the molecule is O=[N+]([O-])c1cc(Cl)c(Cl)cc1NCc1ccno1. The monoisotopic (exact) mass is 287 g/mol. The van der Waals surface area contributed by atoms with Crippen molar-refractivity contribution in [1.82, 2.24) is 5.16 Å². The molecule has 0 radical (unpaired) electrons. The van der Waals surface area contributed by atoms with Gasteiger partial charge in [-0.15, -0.1) is 0 Å². The van der Waals surface area contributed by atoms with Gasteiger partial charge >= 0.3 is 0 Å². The summed E-state index contributed by atoms with van der Waals surface area (Å²) in [6.07, 6.45) is 1.49. The average Bonchev–Trinajstić information content (AvgIpc) is 2.83. The number of rotatable bonds is 4. The van der Waals surface area contributed by atoms with Crippen LogP contribution >= 0.6 is 23.2 Å². The van der Waals surface area contributed by atoms with Crippen LogP contribution in [0.15, 0.2) is 28.9 Å². The van der Waals surface area contributed by atoms with E-state index in [0.717, 1.165) is 0 Å². The maximum atomic E-state index is 10.9. The Morgan fingerprint density at radius 3 is 2.72 bits per heavy atom. The van der Waals surface area contributed by atoms with Crippen LogP contribution < -0.4 is 5.32 Å². The Morgan fingerprint density at radius 1 is 1.39 bits per heavy atom. The third kappa shape index (κ3) is 2.72. The zero-order chi connectivity index (χ0) is 13.1. The smallest absolute Gasteiger partial charge is 0.293 e. The Balaban J connectivity index is 2.25. The lowest BCUT2D eigenvalue weighted by atomic mass is 10.2. The summed E-state index contributed by atoms with van der Waals surface area (Å²) in [5, 5.41) is 17.6. The number of anilines is 1. The molecule has 0 spiro atoms. The van der Waals surface area contributed by atoms with Gasteiger partial charge in [-0.2, -0.15) is 0 Å². The summed E-state index contributed by atoms with van der Waals surface area (Å²) >= 11 is 11.6. The van der Waals surface area contributed by atoms with Crippen LogP contribution in [-0.4, -0.2) is 10.1 Å². The van der Waals surface area contributed by atoms with Crippen LogP contribution in [0, 0.1) is 10.1 Å². The van der Waals surface area contributed by atoms with Crippen LogP contribution in [0.3, 0.4) is 0 Å². The number of nitro benzene ring substituents is 1. The highest BCUT2D eigenvalue weighted by Gasteiger charge is 2.17. The van der Waals surface area contributed by atoms with E-state index in [1.807, 2.05) is 0 Å². The van der Waals surface area contributed by atoms with Gasteiger partial charge in [0, 0.05) is 12.1 Å². The second-order valence-electron chi connectivity index (χ2n) is 3.37. The molecule has 2 rings (SSSR count). The molecule has 0 aliphatic carbocycles. The molecule has 1 aromatic carbocycles. The standard InChI is InChI=1S/C10H7Cl2N3O3/c11-7-3-9(10(15(16)17)4-8(7)12)13-5-6-1-2-14-18-6/h1-4,13H,5H2. The second-order valence-corrected chi connectivity index (χ2v) is 4.19.